The highest BCUT2D eigenvalue weighted by atomic mass is 16.5. The fraction of sp³-hybridized carbons (Fsp3) is 0.500. The summed E-state index contributed by atoms with van der Waals surface area (Å²) in [5.41, 5.74) is 0.0109. The van der Waals surface area contributed by atoms with Crippen molar-refractivity contribution in [2.45, 2.75) is 83.3 Å². The van der Waals surface area contributed by atoms with Crippen LogP contribution in [0.1, 0.15) is 52.2 Å². The Hall–Kier alpha value is -3.75. The first-order valence-corrected chi connectivity index (χ1v) is 16.5. The number of hydrogen-bond donors (Lipinski definition) is 1. The maximum atomic E-state index is 15.0. The van der Waals surface area contributed by atoms with E-state index < -0.39 is 41.2 Å². The van der Waals surface area contributed by atoms with Gasteiger partial charge in [-0.2, -0.15) is 0 Å². The zero-order valence-corrected chi connectivity index (χ0v) is 27.6. The van der Waals surface area contributed by atoms with E-state index in [0.29, 0.717) is 26.1 Å². The lowest BCUT2D eigenvalue weighted by atomic mass is 9.77. The lowest BCUT2D eigenvalue weighted by Gasteiger charge is -2.45. The minimum absolute atomic E-state index is 0.0530. The Kier molecular flexibility index (Phi) is 8.49. The number of amides is 3. The van der Waals surface area contributed by atoms with Crippen LogP contribution in [0.4, 0.5) is 0 Å². The van der Waals surface area contributed by atoms with Crippen LogP contribution >= 0.6 is 0 Å². The zero-order valence-electron chi connectivity index (χ0n) is 27.6. The summed E-state index contributed by atoms with van der Waals surface area (Å²) in [6.07, 6.45) is 8.12. The van der Waals surface area contributed by atoms with Crippen LogP contribution in [0.3, 0.4) is 0 Å². The minimum atomic E-state index is -1.35. The predicted molar refractivity (Wildman–Crippen MR) is 176 cm³/mol. The molecule has 2 fully saturated rings. The molecule has 244 valence electrons. The standard InChI is InChI=1S/C38H47N3O5/c1-36(2,3)25-37(4,5)40-21-13-19-38-31(30-29(46-38)18-12-20-39(33(30)43)23-27-16-10-7-11-17-27)34(44)41(32(38)35(40)45)28(24-42)22-26-14-8-6-9-15-26/h6-19,28-32,42H,20-25H2,1-5H3/t28-,29+,30-,31+,32?,38+/m1/s1. The number of carbonyl (C=O) groups excluding carboxylic acids is 3. The Morgan fingerprint density at radius 1 is 0.870 bits per heavy atom. The van der Waals surface area contributed by atoms with Gasteiger partial charge < -0.3 is 24.5 Å². The molecule has 2 aromatic rings. The summed E-state index contributed by atoms with van der Waals surface area (Å²) in [5.74, 6) is -2.40. The molecule has 6 atom stereocenters. The van der Waals surface area contributed by atoms with Gasteiger partial charge in [-0.25, -0.2) is 0 Å². The second-order valence-corrected chi connectivity index (χ2v) is 15.1. The second-order valence-electron chi connectivity index (χ2n) is 15.1. The molecule has 4 aliphatic rings. The molecule has 8 nitrogen and oxygen atoms in total. The number of aliphatic hydroxyl groups is 1. The average molecular weight is 626 g/mol. The van der Waals surface area contributed by atoms with E-state index in [1.165, 1.54) is 0 Å². The molecule has 1 spiro atoms. The quantitative estimate of drug-likeness (QED) is 0.440. The van der Waals surface area contributed by atoms with Gasteiger partial charge in [-0.3, -0.25) is 14.4 Å². The minimum Gasteiger partial charge on any atom is -0.394 e. The van der Waals surface area contributed by atoms with Crippen LogP contribution in [0.15, 0.2) is 85.0 Å². The molecular weight excluding hydrogens is 578 g/mol. The van der Waals surface area contributed by atoms with Crippen LogP contribution < -0.4 is 0 Å². The third kappa shape index (κ3) is 5.71. The summed E-state index contributed by atoms with van der Waals surface area (Å²) in [6, 6.07) is 17.8. The summed E-state index contributed by atoms with van der Waals surface area (Å²) >= 11 is 0. The topological polar surface area (TPSA) is 90.4 Å². The Morgan fingerprint density at radius 3 is 2.15 bits per heavy atom. The number of aliphatic hydroxyl groups excluding tert-OH is 1. The van der Waals surface area contributed by atoms with E-state index in [0.717, 1.165) is 17.5 Å². The molecule has 4 aliphatic heterocycles. The highest BCUT2D eigenvalue weighted by Crippen LogP contribution is 2.54. The first-order valence-electron chi connectivity index (χ1n) is 16.5. The SMILES string of the molecule is CC(C)(C)CC(C)(C)N1CC=C[C@]23O[C@H]4C=CCN(Cc5ccccc5)C(=O)[C@H]4[C@H]2C(=O)N([C@@H](CO)Cc2ccccc2)C3C1=O. The van der Waals surface area contributed by atoms with Crippen molar-refractivity contribution in [3.05, 3.63) is 96.1 Å². The van der Waals surface area contributed by atoms with E-state index in [1.54, 1.807) is 9.80 Å². The first-order chi connectivity index (χ1) is 21.9. The predicted octanol–water partition coefficient (Wildman–Crippen LogP) is 4.38. The summed E-state index contributed by atoms with van der Waals surface area (Å²) < 4.78 is 6.87. The number of ether oxygens (including phenoxy) is 1. The highest BCUT2D eigenvalue weighted by Gasteiger charge is 2.73. The Bertz CT molecular complexity index is 1510. The molecular formula is C38H47N3O5. The number of fused-ring (bicyclic) bond motifs is 2. The number of rotatable bonds is 8. The Labute approximate surface area is 272 Å². The van der Waals surface area contributed by atoms with Crippen molar-refractivity contribution >= 4 is 17.7 Å². The Morgan fingerprint density at radius 2 is 1.52 bits per heavy atom. The fourth-order valence-corrected chi connectivity index (χ4v) is 8.54. The highest BCUT2D eigenvalue weighted by molar-refractivity contribution is 6.00. The first kappa shape index (κ1) is 32.2. The number of nitrogens with zero attached hydrogens (tertiary/aromatic N) is 3. The fourth-order valence-electron chi connectivity index (χ4n) is 8.54. The van der Waals surface area contributed by atoms with Gasteiger partial charge in [-0.15, -0.1) is 0 Å². The van der Waals surface area contributed by atoms with E-state index in [-0.39, 0.29) is 29.7 Å². The van der Waals surface area contributed by atoms with Gasteiger partial charge in [-0.1, -0.05) is 106 Å². The van der Waals surface area contributed by atoms with Gasteiger partial charge in [0.05, 0.1) is 30.6 Å². The molecule has 46 heavy (non-hydrogen) atoms. The molecule has 2 saturated heterocycles. The van der Waals surface area contributed by atoms with Crippen LogP contribution in [-0.4, -0.2) is 86.6 Å². The van der Waals surface area contributed by atoms with E-state index in [1.807, 2.05) is 89.9 Å². The Balaban J connectivity index is 1.43. The molecule has 0 radical (unpaired) electrons. The summed E-state index contributed by atoms with van der Waals surface area (Å²) in [6.45, 7) is 11.5. The maximum absolute atomic E-state index is 15.0. The number of likely N-dealkylation sites (tertiary alicyclic amines) is 1. The zero-order chi connectivity index (χ0) is 32.9. The van der Waals surface area contributed by atoms with Crippen molar-refractivity contribution in [3.63, 3.8) is 0 Å². The van der Waals surface area contributed by atoms with Gasteiger partial charge in [0.1, 0.15) is 11.6 Å². The van der Waals surface area contributed by atoms with Gasteiger partial charge in [0.2, 0.25) is 17.7 Å². The lowest BCUT2D eigenvalue weighted by Crippen LogP contribution is -2.62. The molecule has 4 heterocycles. The number of carbonyl (C=O) groups is 3. The van der Waals surface area contributed by atoms with E-state index in [4.69, 9.17) is 4.74 Å². The third-order valence-corrected chi connectivity index (χ3v) is 10.0. The molecule has 1 N–H and O–H groups in total. The number of benzene rings is 2. The summed E-state index contributed by atoms with van der Waals surface area (Å²) in [5, 5.41) is 10.8. The van der Waals surface area contributed by atoms with Crippen LogP contribution in [0.2, 0.25) is 0 Å². The van der Waals surface area contributed by atoms with E-state index in [9.17, 15) is 14.7 Å². The van der Waals surface area contributed by atoms with Crippen LogP contribution in [0, 0.1) is 17.3 Å². The molecule has 1 unspecified atom stereocenters. The van der Waals surface area contributed by atoms with Gasteiger partial charge in [-0.05, 0) is 43.2 Å². The average Bonchev–Trinajstić information content (AvgIpc) is 3.32. The largest absolute Gasteiger partial charge is 0.394 e. The normalized spacial score (nSPS) is 28.6. The molecule has 0 aliphatic carbocycles. The van der Waals surface area contributed by atoms with Crippen molar-refractivity contribution in [1.82, 2.24) is 14.7 Å². The maximum Gasteiger partial charge on any atom is 0.249 e. The third-order valence-electron chi connectivity index (χ3n) is 10.0. The molecule has 2 aromatic carbocycles. The van der Waals surface area contributed by atoms with Crippen molar-refractivity contribution in [2.75, 3.05) is 19.7 Å². The van der Waals surface area contributed by atoms with Gasteiger partial charge in [0, 0.05) is 25.2 Å². The molecule has 0 saturated carbocycles. The smallest absolute Gasteiger partial charge is 0.249 e. The molecule has 8 heteroatoms. The van der Waals surface area contributed by atoms with Gasteiger partial charge >= 0.3 is 0 Å². The molecule has 0 aromatic heterocycles. The van der Waals surface area contributed by atoms with Crippen LogP contribution in [-0.2, 0) is 32.1 Å². The summed E-state index contributed by atoms with van der Waals surface area (Å²) in [7, 11) is 0. The second kappa shape index (κ2) is 12.1. The van der Waals surface area contributed by atoms with Gasteiger partial charge in [0.25, 0.3) is 0 Å². The lowest BCUT2D eigenvalue weighted by molar-refractivity contribution is -0.155. The van der Waals surface area contributed by atoms with Crippen LogP contribution in [0.5, 0.6) is 0 Å². The number of hydrogen-bond acceptors (Lipinski definition) is 5. The molecule has 3 amide bonds. The molecule has 0 bridgehead atoms. The molecule has 6 rings (SSSR count). The van der Waals surface area contributed by atoms with Gasteiger partial charge in [0.15, 0.2) is 0 Å². The van der Waals surface area contributed by atoms with E-state index >= 15 is 4.79 Å². The van der Waals surface area contributed by atoms with Crippen molar-refractivity contribution in [1.29, 1.82) is 0 Å². The van der Waals surface area contributed by atoms with Crippen molar-refractivity contribution < 1.29 is 24.2 Å². The van der Waals surface area contributed by atoms with Crippen LogP contribution in [0.25, 0.3) is 0 Å². The van der Waals surface area contributed by atoms with Crippen molar-refractivity contribution in [3.8, 4) is 0 Å². The summed E-state index contributed by atoms with van der Waals surface area (Å²) in [4.78, 5) is 49.6. The van der Waals surface area contributed by atoms with E-state index in [2.05, 4.69) is 34.6 Å². The van der Waals surface area contributed by atoms with Crippen molar-refractivity contribution in [2.24, 2.45) is 17.3 Å². The monoisotopic (exact) mass is 625 g/mol.